The van der Waals surface area contributed by atoms with Crippen molar-refractivity contribution in [2.24, 2.45) is 0 Å². The first-order valence-electron chi connectivity index (χ1n) is 0.855. The summed E-state index contributed by atoms with van der Waals surface area (Å²) in [6.07, 6.45) is -1.83. The van der Waals surface area contributed by atoms with Crippen molar-refractivity contribution in [3.63, 3.8) is 0 Å². The Kier molecular flexibility index (Phi) is 35.4. The van der Waals surface area contributed by atoms with E-state index in [0.29, 0.717) is 0 Å². The van der Waals surface area contributed by atoms with Crippen molar-refractivity contribution in [3.8, 4) is 0 Å². The molecule has 0 aromatic heterocycles. The molecule has 0 heterocycles. The van der Waals surface area contributed by atoms with Crippen LogP contribution in [-0.2, 0) is 23.7 Å². The first-order chi connectivity index (χ1) is 2.73. The second-order valence-electron chi connectivity index (χ2n) is 0.283. The van der Waals surface area contributed by atoms with Crippen molar-refractivity contribution in [2.45, 2.75) is 0 Å². The minimum absolute atomic E-state index is 0. The van der Waals surface area contributed by atoms with Gasteiger partial charge in [0, 0.05) is 0 Å². The molecular formula is CH3NaO4Ti. The quantitative estimate of drug-likeness (QED) is 0.454. The molecule has 0 aromatic carbocycles. The molecule has 2 N–H and O–H groups in total. The fourth-order valence-electron chi connectivity index (χ4n) is 0. The van der Waals surface area contributed by atoms with Crippen LogP contribution in [0.3, 0.4) is 0 Å². The fourth-order valence-corrected chi connectivity index (χ4v) is 0. The van der Waals surface area contributed by atoms with E-state index in [0.717, 1.165) is 20.4 Å². The van der Waals surface area contributed by atoms with Gasteiger partial charge < -0.3 is 10.2 Å². The van der Waals surface area contributed by atoms with E-state index in [9.17, 15) is 0 Å². The van der Waals surface area contributed by atoms with Gasteiger partial charge in [0.1, 0.15) is 0 Å². The van der Waals surface area contributed by atoms with Crippen LogP contribution in [0.1, 0.15) is 0 Å². The van der Waals surface area contributed by atoms with Crippen LogP contribution in [-0.4, -0.2) is 45.9 Å². The normalized spacial score (nSPS) is 3.86. The molecule has 0 amide bonds. The number of carboxylic acid groups (broad SMARTS) is 2. The third-order valence-electron chi connectivity index (χ3n) is 0. The van der Waals surface area contributed by atoms with Crippen molar-refractivity contribution in [1.29, 1.82) is 0 Å². The molecule has 0 saturated carbocycles. The van der Waals surface area contributed by atoms with E-state index in [1.807, 2.05) is 0 Å². The summed E-state index contributed by atoms with van der Waals surface area (Å²) in [7, 11) is 0. The molecule has 0 unspecified atom stereocenters. The molecule has 0 aliphatic carbocycles. The van der Waals surface area contributed by atoms with E-state index in [-0.39, 0.29) is 29.6 Å². The van der Waals surface area contributed by atoms with Gasteiger partial charge in [-0.05, 0) is 0 Å². The Morgan fingerprint density at radius 1 is 1.29 bits per heavy atom. The third-order valence-corrected chi connectivity index (χ3v) is 0. The zero-order valence-corrected chi connectivity index (χ0v) is 4.27. The van der Waals surface area contributed by atoms with Gasteiger partial charge in [-0.3, -0.25) is 0 Å². The van der Waals surface area contributed by atoms with Gasteiger partial charge in [0.15, 0.2) is 0 Å². The Labute approximate surface area is 73.9 Å². The molecule has 0 rings (SSSR count). The summed E-state index contributed by atoms with van der Waals surface area (Å²) >= 11 is 0.750. The number of hydrogen-bond acceptors (Lipinski definition) is 2. The summed E-state index contributed by atoms with van der Waals surface area (Å²) in [6, 6.07) is 0. The van der Waals surface area contributed by atoms with Gasteiger partial charge in [0.05, 0.1) is 0 Å². The number of rotatable bonds is 0. The average Bonchev–Trinajstić information content (AvgIpc) is 1.41. The molecule has 0 aromatic rings. The summed E-state index contributed by atoms with van der Waals surface area (Å²) < 4.78 is 8.25. The number of carbonyl (C=O) groups is 1. The predicted octanol–water partition coefficient (Wildman–Crippen LogP) is -0.547. The van der Waals surface area contributed by atoms with Gasteiger partial charge in [-0.1, -0.05) is 0 Å². The standard InChI is InChI=1S/CH2O3.Na.O.Ti.H/c2-1(3)4;;;;/h(H2,2,3,4);;;;. The third kappa shape index (κ3) is 252. The van der Waals surface area contributed by atoms with Crippen LogP contribution in [0.25, 0.3) is 0 Å². The summed E-state index contributed by atoms with van der Waals surface area (Å²) in [6.45, 7) is 0. The van der Waals surface area contributed by atoms with Crippen LogP contribution in [0, 0.1) is 0 Å². The second-order valence-corrected chi connectivity index (χ2v) is 0.283. The van der Waals surface area contributed by atoms with E-state index in [2.05, 4.69) is 0 Å². The predicted molar refractivity (Wildman–Crippen MR) is 18.5 cm³/mol. The molecule has 0 radical (unpaired) electrons. The van der Waals surface area contributed by atoms with Crippen molar-refractivity contribution in [2.75, 3.05) is 0 Å². The molecule has 6 heteroatoms. The van der Waals surface area contributed by atoms with E-state index < -0.39 is 6.16 Å². The van der Waals surface area contributed by atoms with Gasteiger partial charge in [-0.2, -0.15) is 0 Å². The Hall–Kier alpha value is 0.784. The topological polar surface area (TPSA) is 74.6 Å². The molecule has 0 spiro atoms. The molecule has 36 valence electrons. The average molecular weight is 150 g/mol. The van der Waals surface area contributed by atoms with Gasteiger partial charge in [-0.15, -0.1) is 0 Å². The maximum absolute atomic E-state index is 8.56. The summed E-state index contributed by atoms with van der Waals surface area (Å²) in [5, 5.41) is 13.9. The van der Waals surface area contributed by atoms with Crippen LogP contribution in [0.15, 0.2) is 0 Å². The van der Waals surface area contributed by atoms with E-state index in [4.69, 9.17) is 18.3 Å². The van der Waals surface area contributed by atoms with Gasteiger partial charge in [0.2, 0.25) is 0 Å². The Morgan fingerprint density at radius 2 is 1.29 bits per heavy atom. The Morgan fingerprint density at radius 3 is 1.29 bits per heavy atom. The zero-order chi connectivity index (χ0) is 5.58. The van der Waals surface area contributed by atoms with Crippen LogP contribution >= 0.6 is 0 Å². The molecule has 0 bridgehead atoms. The zero-order valence-electron chi connectivity index (χ0n) is 2.71. The fraction of sp³-hybridized carbons (Fsp3) is 0. The van der Waals surface area contributed by atoms with Crippen molar-refractivity contribution >= 4 is 35.7 Å². The maximum atomic E-state index is 8.56. The molecule has 7 heavy (non-hydrogen) atoms. The summed E-state index contributed by atoms with van der Waals surface area (Å²) in [4.78, 5) is 8.56. The van der Waals surface area contributed by atoms with Crippen LogP contribution in [0.5, 0.6) is 0 Å². The van der Waals surface area contributed by atoms with Crippen LogP contribution < -0.4 is 0 Å². The molecule has 4 nitrogen and oxygen atoms in total. The molecule has 0 fully saturated rings. The van der Waals surface area contributed by atoms with E-state index in [1.165, 1.54) is 0 Å². The van der Waals surface area contributed by atoms with Gasteiger partial charge >= 0.3 is 59.4 Å². The molecular weight excluding hydrogens is 147 g/mol. The van der Waals surface area contributed by atoms with E-state index >= 15 is 0 Å². The van der Waals surface area contributed by atoms with E-state index in [1.54, 1.807) is 0 Å². The Balaban J connectivity index is -0.0000000480. The molecule has 0 saturated heterocycles. The monoisotopic (exact) mass is 150 g/mol. The molecule has 0 aliphatic rings. The van der Waals surface area contributed by atoms with Crippen LogP contribution in [0.2, 0.25) is 0 Å². The first-order valence-corrected chi connectivity index (χ1v) is 1.49. The van der Waals surface area contributed by atoms with Crippen molar-refractivity contribution in [3.05, 3.63) is 0 Å². The molecule has 0 aliphatic heterocycles. The van der Waals surface area contributed by atoms with Crippen molar-refractivity contribution < 1.29 is 38.7 Å². The van der Waals surface area contributed by atoms with Gasteiger partial charge in [0.25, 0.3) is 0 Å². The minimum atomic E-state index is -1.83. The summed E-state index contributed by atoms with van der Waals surface area (Å²) in [5.41, 5.74) is 0. The SMILES string of the molecule is O=C(O)O.[NaH].[O]=[Ti]. The van der Waals surface area contributed by atoms with Crippen LogP contribution in [0.4, 0.5) is 4.79 Å². The number of hydrogen-bond donors (Lipinski definition) is 2. The Bertz CT molecular complexity index is 43.0. The second kappa shape index (κ2) is 15.9. The summed E-state index contributed by atoms with van der Waals surface area (Å²) in [5.74, 6) is 0. The first kappa shape index (κ1) is 15.7. The molecule has 0 atom stereocenters. The van der Waals surface area contributed by atoms with Crippen molar-refractivity contribution in [1.82, 2.24) is 0 Å². The van der Waals surface area contributed by atoms with Gasteiger partial charge in [-0.25, -0.2) is 4.79 Å².